The second-order valence-electron chi connectivity index (χ2n) is 4.95. The van der Waals surface area contributed by atoms with Crippen molar-refractivity contribution in [2.24, 2.45) is 5.92 Å². The van der Waals surface area contributed by atoms with E-state index in [2.05, 4.69) is 24.1 Å². The fourth-order valence-corrected chi connectivity index (χ4v) is 3.02. The molecular weight excluding hydrogens is 172 g/mol. The monoisotopic (exact) mass is 196 g/mol. The van der Waals surface area contributed by atoms with Crippen LogP contribution in [-0.2, 0) is 0 Å². The Bertz CT molecular complexity index is 175. The first-order valence-electron chi connectivity index (χ1n) is 6.29. The topological polar surface area (TPSA) is 15.3 Å². The molecule has 3 atom stereocenters. The van der Waals surface area contributed by atoms with Crippen molar-refractivity contribution in [3.05, 3.63) is 0 Å². The van der Waals surface area contributed by atoms with Crippen molar-refractivity contribution in [3.63, 3.8) is 0 Å². The molecule has 0 aromatic rings. The smallest absolute Gasteiger partial charge is 0.0224 e. The van der Waals surface area contributed by atoms with Gasteiger partial charge in [0.1, 0.15) is 0 Å². The van der Waals surface area contributed by atoms with Crippen LogP contribution in [0.5, 0.6) is 0 Å². The number of rotatable bonds is 3. The Morgan fingerprint density at radius 3 is 2.57 bits per heavy atom. The van der Waals surface area contributed by atoms with E-state index in [0.717, 1.165) is 18.0 Å². The van der Waals surface area contributed by atoms with Crippen LogP contribution in [0.3, 0.4) is 0 Å². The van der Waals surface area contributed by atoms with Crippen molar-refractivity contribution in [1.29, 1.82) is 0 Å². The quantitative estimate of drug-likeness (QED) is 0.741. The lowest BCUT2D eigenvalue weighted by atomic mass is 9.79. The van der Waals surface area contributed by atoms with Gasteiger partial charge in [0, 0.05) is 18.6 Å². The van der Waals surface area contributed by atoms with Crippen LogP contribution in [0.2, 0.25) is 0 Å². The van der Waals surface area contributed by atoms with Crippen LogP contribution in [0.4, 0.5) is 0 Å². The summed E-state index contributed by atoms with van der Waals surface area (Å²) >= 11 is 0. The molecule has 0 bridgehead atoms. The predicted molar refractivity (Wildman–Crippen MR) is 60.5 cm³/mol. The average Bonchev–Trinajstić information content (AvgIpc) is 2.24. The van der Waals surface area contributed by atoms with Gasteiger partial charge >= 0.3 is 0 Å². The molecule has 1 heterocycles. The molecule has 1 N–H and O–H groups in total. The minimum absolute atomic E-state index is 0.821. The van der Waals surface area contributed by atoms with Crippen LogP contribution < -0.4 is 5.32 Å². The third-order valence-electron chi connectivity index (χ3n) is 4.11. The molecule has 0 spiro atoms. The summed E-state index contributed by atoms with van der Waals surface area (Å²) in [5.41, 5.74) is 0. The van der Waals surface area contributed by atoms with E-state index in [9.17, 15) is 0 Å². The van der Waals surface area contributed by atoms with Crippen molar-refractivity contribution in [3.8, 4) is 0 Å². The molecule has 0 aromatic carbocycles. The highest BCUT2D eigenvalue weighted by atomic mass is 15.2. The van der Waals surface area contributed by atoms with E-state index >= 15 is 0 Å². The summed E-state index contributed by atoms with van der Waals surface area (Å²) in [6.45, 7) is 8.42. The zero-order valence-corrected chi connectivity index (χ0v) is 9.63. The van der Waals surface area contributed by atoms with Crippen LogP contribution >= 0.6 is 0 Å². The lowest BCUT2D eigenvalue weighted by Gasteiger charge is -2.47. The molecular formula is C12H24N2. The molecule has 1 saturated heterocycles. The van der Waals surface area contributed by atoms with E-state index in [0.29, 0.717) is 0 Å². The highest BCUT2D eigenvalue weighted by Gasteiger charge is 2.35. The summed E-state index contributed by atoms with van der Waals surface area (Å²) in [6, 6.07) is 1.71. The molecule has 2 fully saturated rings. The number of piperidine rings is 1. The molecule has 1 aliphatic carbocycles. The molecule has 1 saturated carbocycles. The van der Waals surface area contributed by atoms with Gasteiger partial charge in [-0.15, -0.1) is 0 Å². The Hall–Kier alpha value is -0.0800. The SMILES string of the molecule is CCN(C1CCCNC1)C1CCC1C. The molecule has 2 rings (SSSR count). The Morgan fingerprint density at radius 1 is 1.29 bits per heavy atom. The maximum absolute atomic E-state index is 3.53. The largest absolute Gasteiger partial charge is 0.315 e. The van der Waals surface area contributed by atoms with Gasteiger partial charge in [-0.2, -0.15) is 0 Å². The molecule has 3 unspecified atom stereocenters. The zero-order valence-electron chi connectivity index (χ0n) is 9.63. The third kappa shape index (κ3) is 1.96. The van der Waals surface area contributed by atoms with Crippen molar-refractivity contribution >= 4 is 0 Å². The van der Waals surface area contributed by atoms with Gasteiger partial charge in [0.05, 0.1) is 0 Å². The molecule has 2 aliphatic rings. The van der Waals surface area contributed by atoms with Crippen molar-refractivity contribution in [2.75, 3.05) is 19.6 Å². The highest BCUT2D eigenvalue weighted by Crippen LogP contribution is 2.33. The van der Waals surface area contributed by atoms with Gasteiger partial charge in [-0.25, -0.2) is 0 Å². The van der Waals surface area contributed by atoms with Gasteiger partial charge in [-0.05, 0) is 44.7 Å². The second kappa shape index (κ2) is 4.63. The number of nitrogens with one attached hydrogen (secondary N) is 1. The van der Waals surface area contributed by atoms with E-state index < -0.39 is 0 Å². The van der Waals surface area contributed by atoms with E-state index in [4.69, 9.17) is 0 Å². The molecule has 14 heavy (non-hydrogen) atoms. The Balaban J connectivity index is 1.90. The Labute approximate surface area is 88.1 Å². The van der Waals surface area contributed by atoms with Crippen LogP contribution in [-0.4, -0.2) is 36.6 Å². The summed E-state index contributed by atoms with van der Waals surface area (Å²) in [7, 11) is 0. The number of nitrogens with zero attached hydrogens (tertiary/aromatic N) is 1. The number of hydrogen-bond acceptors (Lipinski definition) is 2. The van der Waals surface area contributed by atoms with Crippen molar-refractivity contribution in [2.45, 2.75) is 51.6 Å². The summed E-state index contributed by atoms with van der Waals surface area (Å²) in [5.74, 6) is 0.942. The van der Waals surface area contributed by atoms with Gasteiger partial charge in [0.15, 0.2) is 0 Å². The molecule has 0 radical (unpaired) electrons. The number of hydrogen-bond donors (Lipinski definition) is 1. The summed E-state index contributed by atoms with van der Waals surface area (Å²) < 4.78 is 0. The maximum Gasteiger partial charge on any atom is 0.0224 e. The molecule has 1 aliphatic heterocycles. The fourth-order valence-electron chi connectivity index (χ4n) is 3.02. The first-order valence-corrected chi connectivity index (χ1v) is 6.29. The lowest BCUT2D eigenvalue weighted by molar-refractivity contribution is 0.0305. The van der Waals surface area contributed by atoms with Crippen LogP contribution in [0.15, 0.2) is 0 Å². The summed E-state index contributed by atoms with van der Waals surface area (Å²) in [6.07, 6.45) is 5.65. The van der Waals surface area contributed by atoms with E-state index in [1.165, 1.54) is 45.3 Å². The molecule has 2 nitrogen and oxygen atoms in total. The first-order chi connectivity index (χ1) is 6.83. The second-order valence-corrected chi connectivity index (χ2v) is 4.95. The van der Waals surface area contributed by atoms with Gasteiger partial charge in [-0.3, -0.25) is 4.90 Å². The Morgan fingerprint density at radius 2 is 2.14 bits per heavy atom. The normalized spacial score (nSPS) is 38.4. The van der Waals surface area contributed by atoms with Gasteiger partial charge < -0.3 is 5.32 Å². The van der Waals surface area contributed by atoms with Crippen molar-refractivity contribution < 1.29 is 0 Å². The predicted octanol–water partition coefficient (Wildman–Crippen LogP) is 1.86. The zero-order chi connectivity index (χ0) is 9.97. The van der Waals surface area contributed by atoms with Gasteiger partial charge in [0.2, 0.25) is 0 Å². The lowest BCUT2D eigenvalue weighted by Crippen LogP contribution is -2.55. The Kier molecular flexibility index (Phi) is 3.45. The van der Waals surface area contributed by atoms with Crippen LogP contribution in [0.25, 0.3) is 0 Å². The molecule has 2 heteroatoms. The van der Waals surface area contributed by atoms with E-state index in [1.54, 1.807) is 0 Å². The standard InChI is InChI=1S/C12H24N2/c1-3-14(12-7-6-10(12)2)11-5-4-8-13-9-11/h10-13H,3-9H2,1-2H3. The molecule has 82 valence electrons. The van der Waals surface area contributed by atoms with E-state index in [1.807, 2.05) is 0 Å². The highest BCUT2D eigenvalue weighted by molar-refractivity contribution is 4.90. The summed E-state index contributed by atoms with van der Waals surface area (Å²) in [5, 5.41) is 3.53. The minimum Gasteiger partial charge on any atom is -0.315 e. The maximum atomic E-state index is 3.53. The molecule has 0 aromatic heterocycles. The number of likely N-dealkylation sites (N-methyl/N-ethyl adjacent to an activating group) is 1. The van der Waals surface area contributed by atoms with Crippen LogP contribution in [0, 0.1) is 5.92 Å². The third-order valence-corrected chi connectivity index (χ3v) is 4.11. The van der Waals surface area contributed by atoms with Crippen LogP contribution in [0.1, 0.15) is 39.5 Å². The minimum atomic E-state index is 0.821. The van der Waals surface area contributed by atoms with Gasteiger partial charge in [-0.1, -0.05) is 13.8 Å². The molecule has 0 amide bonds. The summed E-state index contributed by atoms with van der Waals surface area (Å²) in [4.78, 5) is 2.75. The van der Waals surface area contributed by atoms with E-state index in [-0.39, 0.29) is 0 Å². The average molecular weight is 196 g/mol. The van der Waals surface area contributed by atoms with Crippen molar-refractivity contribution in [1.82, 2.24) is 10.2 Å². The first kappa shape index (κ1) is 10.4. The van der Waals surface area contributed by atoms with Gasteiger partial charge in [0.25, 0.3) is 0 Å². The fraction of sp³-hybridized carbons (Fsp3) is 1.00.